The van der Waals surface area contributed by atoms with Gasteiger partial charge in [-0.05, 0) is 24.6 Å². The van der Waals surface area contributed by atoms with E-state index < -0.39 is 0 Å². The van der Waals surface area contributed by atoms with Crippen LogP contribution >= 0.6 is 0 Å². The van der Waals surface area contributed by atoms with E-state index in [1.165, 1.54) is 5.01 Å². The first kappa shape index (κ1) is 12.3. The fraction of sp³-hybridized carbons (Fsp3) is 0.364. The van der Waals surface area contributed by atoms with Gasteiger partial charge in [-0.25, -0.2) is 5.84 Å². The number of rotatable bonds is 4. The summed E-state index contributed by atoms with van der Waals surface area (Å²) in [4.78, 5) is 11.7. The molecule has 0 fully saturated rings. The first-order valence-electron chi connectivity index (χ1n) is 5.22. The molecule has 0 unspecified atom stereocenters. The Kier molecular flexibility index (Phi) is 4.13. The molecule has 0 heterocycles. The molecule has 0 saturated heterocycles. The van der Waals surface area contributed by atoms with Crippen molar-refractivity contribution in [2.24, 2.45) is 5.84 Å². The molecule has 0 aliphatic rings. The Hall–Kier alpha value is -1.75. The van der Waals surface area contributed by atoms with Gasteiger partial charge in [0.05, 0.1) is 11.4 Å². The standard InChI is InChI=1S/C11H18N4O/c1-3-6-14-11(16)8-4-5-9(12)10(7-8)15(2)13/h4-5,7H,3,6,12-13H2,1-2H3,(H,14,16). The SMILES string of the molecule is CCCNC(=O)c1ccc(N)c(N(C)N)c1. The molecule has 5 nitrogen and oxygen atoms in total. The number of benzene rings is 1. The van der Waals surface area contributed by atoms with Gasteiger partial charge in [-0.2, -0.15) is 0 Å². The normalized spacial score (nSPS) is 9.94. The van der Waals surface area contributed by atoms with Crippen molar-refractivity contribution >= 4 is 17.3 Å². The fourth-order valence-corrected chi connectivity index (χ4v) is 1.33. The Morgan fingerprint density at radius 3 is 2.75 bits per heavy atom. The lowest BCUT2D eigenvalue weighted by Crippen LogP contribution is -2.28. The molecule has 0 aliphatic carbocycles. The summed E-state index contributed by atoms with van der Waals surface area (Å²) in [6.07, 6.45) is 0.907. The van der Waals surface area contributed by atoms with E-state index in [0.717, 1.165) is 6.42 Å². The number of nitrogens with one attached hydrogen (secondary N) is 1. The molecule has 0 saturated carbocycles. The summed E-state index contributed by atoms with van der Waals surface area (Å²) in [7, 11) is 1.68. The van der Waals surface area contributed by atoms with Gasteiger partial charge in [0.15, 0.2) is 0 Å². The lowest BCUT2D eigenvalue weighted by atomic mass is 10.1. The average Bonchev–Trinajstić information content (AvgIpc) is 2.26. The van der Waals surface area contributed by atoms with Crippen molar-refractivity contribution in [1.29, 1.82) is 0 Å². The van der Waals surface area contributed by atoms with E-state index in [4.69, 9.17) is 11.6 Å². The molecule has 1 amide bonds. The third-order valence-corrected chi connectivity index (χ3v) is 2.21. The number of hydrogen-bond acceptors (Lipinski definition) is 4. The van der Waals surface area contributed by atoms with Crippen LogP contribution < -0.4 is 21.9 Å². The minimum atomic E-state index is -0.107. The minimum Gasteiger partial charge on any atom is -0.397 e. The van der Waals surface area contributed by atoms with Crippen molar-refractivity contribution in [1.82, 2.24) is 5.32 Å². The van der Waals surface area contributed by atoms with Gasteiger partial charge in [-0.1, -0.05) is 6.92 Å². The van der Waals surface area contributed by atoms with Gasteiger partial charge in [-0.3, -0.25) is 4.79 Å². The van der Waals surface area contributed by atoms with Gasteiger partial charge in [0, 0.05) is 19.2 Å². The summed E-state index contributed by atoms with van der Waals surface area (Å²) < 4.78 is 0. The number of nitrogens with two attached hydrogens (primary N) is 2. The average molecular weight is 222 g/mol. The largest absolute Gasteiger partial charge is 0.397 e. The highest BCUT2D eigenvalue weighted by Crippen LogP contribution is 2.21. The van der Waals surface area contributed by atoms with Crippen molar-refractivity contribution in [2.75, 3.05) is 24.3 Å². The number of amides is 1. The zero-order valence-electron chi connectivity index (χ0n) is 9.66. The number of anilines is 2. The summed E-state index contributed by atoms with van der Waals surface area (Å²) in [5.41, 5.74) is 7.50. The molecule has 88 valence electrons. The number of nitrogen functional groups attached to an aromatic ring is 1. The Morgan fingerprint density at radius 2 is 2.19 bits per heavy atom. The van der Waals surface area contributed by atoms with E-state index in [0.29, 0.717) is 23.5 Å². The number of hydrazine groups is 1. The Morgan fingerprint density at radius 1 is 1.50 bits per heavy atom. The molecule has 0 bridgehead atoms. The molecule has 1 aromatic carbocycles. The van der Waals surface area contributed by atoms with Crippen LogP contribution in [0.5, 0.6) is 0 Å². The second-order valence-corrected chi connectivity index (χ2v) is 3.64. The van der Waals surface area contributed by atoms with Crippen LogP contribution in [0.2, 0.25) is 0 Å². The van der Waals surface area contributed by atoms with Gasteiger partial charge in [-0.15, -0.1) is 0 Å². The number of hydrogen-bond donors (Lipinski definition) is 3. The smallest absolute Gasteiger partial charge is 0.251 e. The van der Waals surface area contributed by atoms with Crippen LogP contribution in [0.15, 0.2) is 18.2 Å². The quantitative estimate of drug-likeness (QED) is 0.398. The monoisotopic (exact) mass is 222 g/mol. The molecule has 0 radical (unpaired) electrons. The molecular formula is C11H18N4O. The van der Waals surface area contributed by atoms with Crippen LogP contribution in [0.25, 0.3) is 0 Å². The number of carbonyl (C=O) groups excluding carboxylic acids is 1. The molecule has 1 rings (SSSR count). The highest BCUT2D eigenvalue weighted by Gasteiger charge is 2.08. The topological polar surface area (TPSA) is 84.4 Å². The second-order valence-electron chi connectivity index (χ2n) is 3.64. The van der Waals surface area contributed by atoms with Crippen molar-refractivity contribution in [3.63, 3.8) is 0 Å². The lowest BCUT2D eigenvalue weighted by molar-refractivity contribution is 0.0953. The molecule has 0 spiro atoms. The van der Waals surface area contributed by atoms with Crippen LogP contribution in [0.1, 0.15) is 23.7 Å². The van der Waals surface area contributed by atoms with Crippen LogP contribution in [-0.4, -0.2) is 19.5 Å². The molecule has 0 atom stereocenters. The van der Waals surface area contributed by atoms with Gasteiger partial charge < -0.3 is 16.1 Å². The lowest BCUT2D eigenvalue weighted by Gasteiger charge is -2.15. The van der Waals surface area contributed by atoms with Crippen molar-refractivity contribution in [3.05, 3.63) is 23.8 Å². The van der Waals surface area contributed by atoms with Gasteiger partial charge in [0.1, 0.15) is 0 Å². The molecule has 5 N–H and O–H groups in total. The van der Waals surface area contributed by atoms with Crippen LogP contribution in [0.4, 0.5) is 11.4 Å². The predicted octanol–water partition coefficient (Wildman–Crippen LogP) is 0.719. The van der Waals surface area contributed by atoms with Crippen molar-refractivity contribution in [2.45, 2.75) is 13.3 Å². The molecule has 16 heavy (non-hydrogen) atoms. The van der Waals surface area contributed by atoms with Gasteiger partial charge >= 0.3 is 0 Å². The molecular weight excluding hydrogens is 204 g/mol. The van der Waals surface area contributed by atoms with Gasteiger partial charge in [0.2, 0.25) is 0 Å². The number of nitrogens with zero attached hydrogens (tertiary/aromatic N) is 1. The second kappa shape index (κ2) is 5.37. The van der Waals surface area contributed by atoms with E-state index in [-0.39, 0.29) is 5.91 Å². The third-order valence-electron chi connectivity index (χ3n) is 2.21. The van der Waals surface area contributed by atoms with Gasteiger partial charge in [0.25, 0.3) is 5.91 Å². The molecule has 5 heteroatoms. The van der Waals surface area contributed by atoms with E-state index in [9.17, 15) is 4.79 Å². The summed E-state index contributed by atoms with van der Waals surface area (Å²) in [5, 5.41) is 4.19. The van der Waals surface area contributed by atoms with E-state index in [1.807, 2.05) is 6.92 Å². The number of carbonyl (C=O) groups is 1. The highest BCUT2D eigenvalue weighted by atomic mass is 16.1. The van der Waals surface area contributed by atoms with Crippen molar-refractivity contribution < 1.29 is 4.79 Å². The van der Waals surface area contributed by atoms with Crippen LogP contribution in [0.3, 0.4) is 0 Å². The Labute approximate surface area is 95.4 Å². The van der Waals surface area contributed by atoms with E-state index in [1.54, 1.807) is 25.2 Å². The maximum atomic E-state index is 11.7. The summed E-state index contributed by atoms with van der Waals surface area (Å²) in [6, 6.07) is 5.05. The van der Waals surface area contributed by atoms with E-state index >= 15 is 0 Å². The predicted molar refractivity (Wildman–Crippen MR) is 66.1 cm³/mol. The minimum absolute atomic E-state index is 0.107. The van der Waals surface area contributed by atoms with Crippen LogP contribution in [-0.2, 0) is 0 Å². The van der Waals surface area contributed by atoms with Crippen LogP contribution in [0, 0.1) is 0 Å². The summed E-state index contributed by atoms with van der Waals surface area (Å²) >= 11 is 0. The van der Waals surface area contributed by atoms with E-state index in [2.05, 4.69) is 5.32 Å². The maximum Gasteiger partial charge on any atom is 0.251 e. The molecule has 1 aromatic rings. The molecule has 0 aliphatic heterocycles. The first-order chi connectivity index (χ1) is 7.56. The third kappa shape index (κ3) is 2.87. The summed E-state index contributed by atoms with van der Waals surface area (Å²) in [6.45, 7) is 2.67. The zero-order chi connectivity index (χ0) is 12.1. The maximum absolute atomic E-state index is 11.7. The molecule has 0 aromatic heterocycles. The van der Waals surface area contributed by atoms with Crippen molar-refractivity contribution in [3.8, 4) is 0 Å². The zero-order valence-corrected chi connectivity index (χ0v) is 9.66. The Bertz CT molecular complexity index is 376. The fourth-order valence-electron chi connectivity index (χ4n) is 1.33. The summed E-state index contributed by atoms with van der Waals surface area (Å²) in [5.74, 6) is 5.50. The highest BCUT2D eigenvalue weighted by molar-refractivity contribution is 5.96. The first-order valence-corrected chi connectivity index (χ1v) is 5.22. The Balaban J connectivity index is 2.90.